The summed E-state index contributed by atoms with van der Waals surface area (Å²) in [6, 6.07) is 15.4. The number of pyridine rings is 1. The highest BCUT2D eigenvalue weighted by Crippen LogP contribution is 2.29. The van der Waals surface area contributed by atoms with E-state index in [9.17, 15) is 5.26 Å². The lowest BCUT2D eigenvalue weighted by atomic mass is 10.1. The van der Waals surface area contributed by atoms with Gasteiger partial charge in [0.25, 0.3) is 0 Å². The number of nitrogens with zero attached hydrogens (tertiary/aromatic N) is 2. The van der Waals surface area contributed by atoms with Crippen molar-refractivity contribution >= 4 is 28.2 Å². The quantitative estimate of drug-likeness (QED) is 0.774. The van der Waals surface area contributed by atoms with Crippen LogP contribution in [0, 0.1) is 11.3 Å². The molecule has 0 amide bonds. The standard InChI is InChI=1S/C18H14ClN3O/c1-23-15-5-6-16-17(8-15)21-11-13(9-20)18(16)22-10-12-3-2-4-14(19)7-12/h2-8,11H,10H2,1H3,(H,21,22). The molecule has 2 aromatic carbocycles. The van der Waals surface area contributed by atoms with Gasteiger partial charge in [-0.15, -0.1) is 0 Å². The highest BCUT2D eigenvalue weighted by Gasteiger charge is 2.09. The van der Waals surface area contributed by atoms with E-state index in [1.165, 1.54) is 0 Å². The molecule has 0 aliphatic rings. The van der Waals surface area contributed by atoms with Gasteiger partial charge < -0.3 is 10.1 Å². The van der Waals surface area contributed by atoms with Gasteiger partial charge in [-0.25, -0.2) is 0 Å². The van der Waals surface area contributed by atoms with E-state index in [1.807, 2.05) is 42.5 Å². The lowest BCUT2D eigenvalue weighted by Crippen LogP contribution is -2.03. The van der Waals surface area contributed by atoms with Crippen molar-refractivity contribution in [2.45, 2.75) is 6.54 Å². The molecular weight excluding hydrogens is 310 g/mol. The molecule has 0 atom stereocenters. The summed E-state index contributed by atoms with van der Waals surface area (Å²) in [5, 5.41) is 14.2. The molecule has 0 aliphatic carbocycles. The van der Waals surface area contributed by atoms with Crippen LogP contribution in [0.3, 0.4) is 0 Å². The van der Waals surface area contributed by atoms with E-state index in [4.69, 9.17) is 16.3 Å². The Balaban J connectivity index is 1.99. The molecule has 4 nitrogen and oxygen atoms in total. The topological polar surface area (TPSA) is 57.9 Å². The first-order valence-corrected chi connectivity index (χ1v) is 7.44. The van der Waals surface area contributed by atoms with Crippen LogP contribution in [0.4, 0.5) is 5.69 Å². The van der Waals surface area contributed by atoms with Crippen molar-refractivity contribution in [3.05, 3.63) is 64.8 Å². The van der Waals surface area contributed by atoms with Gasteiger partial charge in [-0.1, -0.05) is 23.7 Å². The summed E-state index contributed by atoms with van der Waals surface area (Å²) in [6.07, 6.45) is 1.57. The second-order valence-electron chi connectivity index (χ2n) is 5.03. The zero-order chi connectivity index (χ0) is 16.2. The fourth-order valence-electron chi connectivity index (χ4n) is 2.41. The lowest BCUT2D eigenvalue weighted by molar-refractivity contribution is 0.415. The molecule has 114 valence electrons. The van der Waals surface area contributed by atoms with E-state index in [1.54, 1.807) is 13.3 Å². The average Bonchev–Trinajstić information content (AvgIpc) is 2.59. The molecule has 1 aromatic heterocycles. The summed E-state index contributed by atoms with van der Waals surface area (Å²) < 4.78 is 5.22. The molecule has 5 heteroatoms. The predicted octanol–water partition coefficient (Wildman–Crippen LogP) is 4.38. The van der Waals surface area contributed by atoms with E-state index >= 15 is 0 Å². The van der Waals surface area contributed by atoms with Gasteiger partial charge in [0.2, 0.25) is 0 Å². The van der Waals surface area contributed by atoms with Crippen molar-refractivity contribution < 1.29 is 4.74 Å². The zero-order valence-corrected chi connectivity index (χ0v) is 13.3. The Morgan fingerprint density at radius 3 is 2.87 bits per heavy atom. The van der Waals surface area contributed by atoms with Gasteiger partial charge in [-0.2, -0.15) is 5.26 Å². The molecule has 0 saturated carbocycles. The van der Waals surface area contributed by atoms with E-state index < -0.39 is 0 Å². The minimum atomic E-state index is 0.504. The number of halogens is 1. The molecular formula is C18H14ClN3O. The van der Waals surface area contributed by atoms with Gasteiger partial charge in [0.05, 0.1) is 23.9 Å². The molecule has 1 N–H and O–H groups in total. The Bertz CT molecular complexity index is 902. The van der Waals surface area contributed by atoms with Crippen LogP contribution in [0.15, 0.2) is 48.7 Å². The van der Waals surface area contributed by atoms with Gasteiger partial charge in [0.1, 0.15) is 11.8 Å². The Hall–Kier alpha value is -2.77. The number of benzene rings is 2. The van der Waals surface area contributed by atoms with Crippen molar-refractivity contribution in [1.82, 2.24) is 4.98 Å². The fraction of sp³-hybridized carbons (Fsp3) is 0.111. The van der Waals surface area contributed by atoms with Crippen molar-refractivity contribution in [2.24, 2.45) is 0 Å². The Labute approximate surface area is 139 Å². The number of ether oxygens (including phenoxy) is 1. The molecule has 0 saturated heterocycles. The maximum Gasteiger partial charge on any atom is 0.121 e. The number of rotatable bonds is 4. The molecule has 0 bridgehead atoms. The van der Waals surface area contributed by atoms with E-state index in [2.05, 4.69) is 16.4 Å². The van der Waals surface area contributed by atoms with Crippen LogP contribution in [0.2, 0.25) is 5.02 Å². The molecule has 0 spiro atoms. The third-order valence-electron chi connectivity index (χ3n) is 3.56. The third-order valence-corrected chi connectivity index (χ3v) is 3.79. The summed E-state index contributed by atoms with van der Waals surface area (Å²) in [5.74, 6) is 0.732. The van der Waals surface area contributed by atoms with Crippen LogP contribution in [0.1, 0.15) is 11.1 Å². The number of nitrogens with one attached hydrogen (secondary N) is 1. The van der Waals surface area contributed by atoms with Crippen molar-refractivity contribution in [1.29, 1.82) is 5.26 Å². The summed E-state index contributed by atoms with van der Waals surface area (Å²) >= 11 is 6.01. The maximum atomic E-state index is 9.34. The number of methoxy groups -OCH3 is 1. The lowest BCUT2D eigenvalue weighted by Gasteiger charge is -2.12. The Morgan fingerprint density at radius 2 is 2.13 bits per heavy atom. The Morgan fingerprint density at radius 1 is 1.26 bits per heavy atom. The molecule has 0 fully saturated rings. The molecule has 0 radical (unpaired) electrons. The van der Waals surface area contributed by atoms with Gasteiger partial charge in [-0.05, 0) is 29.8 Å². The van der Waals surface area contributed by atoms with Crippen LogP contribution >= 0.6 is 11.6 Å². The zero-order valence-electron chi connectivity index (χ0n) is 12.5. The van der Waals surface area contributed by atoms with Gasteiger partial charge in [0.15, 0.2) is 0 Å². The average molecular weight is 324 g/mol. The second-order valence-corrected chi connectivity index (χ2v) is 5.46. The highest BCUT2D eigenvalue weighted by atomic mass is 35.5. The minimum Gasteiger partial charge on any atom is -0.497 e. The first kappa shape index (κ1) is 15.1. The van der Waals surface area contributed by atoms with Crippen LogP contribution < -0.4 is 10.1 Å². The minimum absolute atomic E-state index is 0.504. The summed E-state index contributed by atoms with van der Waals surface area (Å²) in [5.41, 5.74) is 3.08. The smallest absolute Gasteiger partial charge is 0.121 e. The highest BCUT2D eigenvalue weighted by molar-refractivity contribution is 6.30. The third kappa shape index (κ3) is 3.20. The summed E-state index contributed by atoms with van der Waals surface area (Å²) in [4.78, 5) is 4.33. The van der Waals surface area contributed by atoms with Crippen molar-refractivity contribution in [2.75, 3.05) is 12.4 Å². The van der Waals surface area contributed by atoms with Crippen molar-refractivity contribution in [3.8, 4) is 11.8 Å². The van der Waals surface area contributed by atoms with E-state index in [0.29, 0.717) is 17.1 Å². The van der Waals surface area contributed by atoms with Gasteiger partial charge >= 0.3 is 0 Å². The monoisotopic (exact) mass is 323 g/mol. The van der Waals surface area contributed by atoms with Gasteiger partial charge in [0, 0.05) is 29.2 Å². The number of hydrogen-bond donors (Lipinski definition) is 1. The number of nitriles is 1. The van der Waals surface area contributed by atoms with E-state index in [0.717, 1.165) is 27.9 Å². The van der Waals surface area contributed by atoms with Gasteiger partial charge in [-0.3, -0.25) is 4.98 Å². The molecule has 3 aromatic rings. The fourth-order valence-corrected chi connectivity index (χ4v) is 2.63. The normalized spacial score (nSPS) is 10.3. The number of hydrogen-bond acceptors (Lipinski definition) is 4. The van der Waals surface area contributed by atoms with Crippen LogP contribution in [0.5, 0.6) is 5.75 Å². The van der Waals surface area contributed by atoms with E-state index in [-0.39, 0.29) is 0 Å². The molecule has 23 heavy (non-hydrogen) atoms. The van der Waals surface area contributed by atoms with Crippen molar-refractivity contribution in [3.63, 3.8) is 0 Å². The number of fused-ring (bicyclic) bond motifs is 1. The van der Waals surface area contributed by atoms with Crippen LogP contribution in [-0.2, 0) is 6.54 Å². The largest absolute Gasteiger partial charge is 0.497 e. The molecule has 0 aliphatic heterocycles. The Kier molecular flexibility index (Phi) is 4.31. The first-order valence-electron chi connectivity index (χ1n) is 7.06. The molecule has 0 unspecified atom stereocenters. The predicted molar refractivity (Wildman–Crippen MR) is 91.8 cm³/mol. The number of anilines is 1. The molecule has 1 heterocycles. The summed E-state index contributed by atoms with van der Waals surface area (Å²) in [6.45, 7) is 0.570. The number of aromatic nitrogens is 1. The van der Waals surface area contributed by atoms with Crippen LogP contribution in [-0.4, -0.2) is 12.1 Å². The SMILES string of the molecule is COc1ccc2c(NCc3cccc(Cl)c3)c(C#N)cnc2c1. The van der Waals surface area contributed by atoms with Crippen LogP contribution in [0.25, 0.3) is 10.9 Å². The molecule has 3 rings (SSSR count). The summed E-state index contributed by atoms with van der Waals surface area (Å²) in [7, 11) is 1.61. The second kappa shape index (κ2) is 6.55. The maximum absolute atomic E-state index is 9.34. The first-order chi connectivity index (χ1) is 11.2.